The maximum Gasteiger partial charge on any atom is 0.218 e. The molecular weight excluding hydrogens is 268 g/mol. The van der Waals surface area contributed by atoms with E-state index in [1.165, 1.54) is 38.5 Å². The summed E-state index contributed by atoms with van der Waals surface area (Å²) in [4.78, 5) is 0.0124. The third-order valence-electron chi connectivity index (χ3n) is 2.68. The molecule has 4 nitrogen and oxygen atoms in total. The molecule has 0 aliphatic heterocycles. The summed E-state index contributed by atoms with van der Waals surface area (Å²) < 4.78 is 25.2. The topological polar surface area (TPSA) is 72.2 Å². The Bertz CT molecular complexity index is 316. The van der Waals surface area contributed by atoms with Crippen LogP contribution in [0.3, 0.4) is 0 Å². The average molecular weight is 294 g/mol. The second kappa shape index (κ2) is 10.7. The molecule has 0 aromatic rings. The minimum absolute atomic E-state index is 0.0124. The minimum Gasteiger partial charge on any atom is -0.392 e. The van der Waals surface area contributed by atoms with Crippen molar-refractivity contribution < 1.29 is 8.42 Å². The van der Waals surface area contributed by atoms with Crippen LogP contribution in [-0.2, 0) is 10.0 Å². The number of nitrogens with two attached hydrogens (primary N) is 1. The zero-order valence-corrected chi connectivity index (χ0v) is 12.9. The third kappa shape index (κ3) is 12.3. The Morgan fingerprint density at radius 3 is 2.06 bits per heavy atom. The molecular formula is C12H26N2O2S2. The van der Waals surface area contributed by atoms with Crippen molar-refractivity contribution in [3.8, 4) is 0 Å². The number of rotatable bonds is 12. The monoisotopic (exact) mass is 294 g/mol. The fourth-order valence-electron chi connectivity index (χ4n) is 1.72. The predicted molar refractivity (Wildman–Crippen MR) is 81.2 cm³/mol. The van der Waals surface area contributed by atoms with E-state index < -0.39 is 10.0 Å². The first kappa shape index (κ1) is 17.8. The summed E-state index contributed by atoms with van der Waals surface area (Å²) >= 11 is 4.57. The minimum atomic E-state index is -3.30. The Labute approximate surface area is 117 Å². The molecule has 0 atom stereocenters. The predicted octanol–water partition coefficient (Wildman–Crippen LogP) is 2.33. The van der Waals surface area contributed by atoms with Crippen LogP contribution in [-0.4, -0.2) is 25.7 Å². The third-order valence-corrected chi connectivity index (χ3v) is 4.35. The van der Waals surface area contributed by atoms with Gasteiger partial charge in [-0.2, -0.15) is 0 Å². The highest BCUT2D eigenvalue weighted by Gasteiger charge is 2.10. The van der Waals surface area contributed by atoms with Gasteiger partial charge in [0.15, 0.2) is 0 Å². The largest absolute Gasteiger partial charge is 0.392 e. The summed E-state index contributed by atoms with van der Waals surface area (Å²) in [6.45, 7) is 2.69. The molecule has 0 spiro atoms. The van der Waals surface area contributed by atoms with Crippen LogP contribution >= 0.6 is 12.2 Å². The number of thiocarbonyl (C=S) groups is 1. The fraction of sp³-hybridized carbons (Fsp3) is 0.917. The quantitative estimate of drug-likeness (QED) is 0.428. The fourth-order valence-corrected chi connectivity index (χ4v) is 3.12. The molecule has 0 aromatic carbocycles. The summed E-state index contributed by atoms with van der Waals surface area (Å²) in [6, 6.07) is 0. The molecule has 3 N–H and O–H groups in total. The van der Waals surface area contributed by atoms with Gasteiger partial charge in [-0.1, -0.05) is 64.1 Å². The molecule has 0 aliphatic rings. The van der Waals surface area contributed by atoms with Gasteiger partial charge in [0, 0.05) is 6.54 Å². The van der Waals surface area contributed by atoms with Crippen molar-refractivity contribution in [2.24, 2.45) is 5.73 Å². The SMILES string of the molecule is CCCCCCCCCCNS(=O)(=O)CC(N)=S. The van der Waals surface area contributed by atoms with Crippen molar-refractivity contribution in [2.75, 3.05) is 12.3 Å². The molecule has 0 saturated carbocycles. The van der Waals surface area contributed by atoms with Crippen LogP contribution in [0.25, 0.3) is 0 Å². The lowest BCUT2D eigenvalue weighted by molar-refractivity contribution is 0.561. The van der Waals surface area contributed by atoms with Gasteiger partial charge in [0.25, 0.3) is 0 Å². The van der Waals surface area contributed by atoms with Gasteiger partial charge in [-0.05, 0) is 6.42 Å². The molecule has 0 amide bonds. The Morgan fingerprint density at radius 2 is 1.56 bits per heavy atom. The lowest BCUT2D eigenvalue weighted by atomic mass is 10.1. The second-order valence-electron chi connectivity index (χ2n) is 4.59. The number of hydrogen-bond donors (Lipinski definition) is 2. The molecule has 108 valence electrons. The molecule has 0 bridgehead atoms. The van der Waals surface area contributed by atoms with Gasteiger partial charge in [-0.15, -0.1) is 0 Å². The van der Waals surface area contributed by atoms with Gasteiger partial charge < -0.3 is 5.73 Å². The molecule has 0 rings (SSSR count). The van der Waals surface area contributed by atoms with Crippen molar-refractivity contribution in [1.29, 1.82) is 0 Å². The first-order chi connectivity index (χ1) is 8.48. The first-order valence-corrected chi connectivity index (χ1v) is 8.79. The molecule has 0 unspecified atom stereocenters. The molecule has 0 aromatic heterocycles. The molecule has 0 heterocycles. The summed E-state index contributed by atoms with van der Waals surface area (Å²) in [7, 11) is -3.30. The van der Waals surface area contributed by atoms with E-state index in [2.05, 4.69) is 23.9 Å². The van der Waals surface area contributed by atoms with E-state index in [1.807, 2.05) is 0 Å². The summed E-state index contributed by atoms with van der Waals surface area (Å²) in [5.74, 6) is -0.251. The molecule has 0 aliphatic carbocycles. The van der Waals surface area contributed by atoms with Crippen molar-refractivity contribution >= 4 is 27.2 Å². The van der Waals surface area contributed by atoms with Crippen LogP contribution < -0.4 is 10.5 Å². The van der Waals surface area contributed by atoms with Gasteiger partial charge in [0.05, 0.1) is 4.99 Å². The molecule has 6 heteroatoms. The van der Waals surface area contributed by atoms with Gasteiger partial charge in [-0.25, -0.2) is 13.1 Å². The van der Waals surface area contributed by atoms with Crippen LogP contribution in [0.1, 0.15) is 58.3 Å². The summed E-state index contributed by atoms with van der Waals surface area (Å²) in [5.41, 5.74) is 5.20. The van der Waals surface area contributed by atoms with Crippen LogP contribution in [0.4, 0.5) is 0 Å². The van der Waals surface area contributed by atoms with Crippen molar-refractivity contribution in [1.82, 2.24) is 4.72 Å². The molecule has 18 heavy (non-hydrogen) atoms. The zero-order chi connectivity index (χ0) is 13.9. The van der Waals surface area contributed by atoms with Gasteiger partial charge in [-0.3, -0.25) is 0 Å². The Kier molecular flexibility index (Phi) is 10.6. The van der Waals surface area contributed by atoms with Crippen molar-refractivity contribution in [3.05, 3.63) is 0 Å². The Balaban J connectivity index is 3.37. The normalized spacial score (nSPS) is 11.6. The van der Waals surface area contributed by atoms with Crippen molar-refractivity contribution in [3.63, 3.8) is 0 Å². The van der Waals surface area contributed by atoms with Crippen LogP contribution in [0.5, 0.6) is 0 Å². The van der Waals surface area contributed by atoms with Gasteiger partial charge in [0.1, 0.15) is 5.75 Å². The highest BCUT2D eigenvalue weighted by atomic mass is 32.2. The number of unbranched alkanes of at least 4 members (excludes halogenated alkanes) is 7. The highest BCUT2D eigenvalue weighted by molar-refractivity contribution is 7.92. The molecule has 0 fully saturated rings. The van der Waals surface area contributed by atoms with E-state index in [0.29, 0.717) is 6.54 Å². The first-order valence-electron chi connectivity index (χ1n) is 6.73. The maximum atomic E-state index is 11.4. The number of hydrogen-bond acceptors (Lipinski definition) is 3. The van der Waals surface area contributed by atoms with E-state index in [9.17, 15) is 8.42 Å². The van der Waals surface area contributed by atoms with E-state index in [1.54, 1.807) is 0 Å². The van der Waals surface area contributed by atoms with E-state index in [0.717, 1.165) is 12.8 Å². The van der Waals surface area contributed by atoms with Crippen LogP contribution in [0.2, 0.25) is 0 Å². The number of nitrogens with one attached hydrogen (secondary N) is 1. The van der Waals surface area contributed by atoms with E-state index in [-0.39, 0.29) is 10.7 Å². The molecule has 0 radical (unpaired) electrons. The van der Waals surface area contributed by atoms with Crippen LogP contribution in [0.15, 0.2) is 0 Å². The zero-order valence-electron chi connectivity index (χ0n) is 11.3. The van der Waals surface area contributed by atoms with E-state index >= 15 is 0 Å². The van der Waals surface area contributed by atoms with Crippen molar-refractivity contribution in [2.45, 2.75) is 58.3 Å². The summed E-state index contributed by atoms with van der Waals surface area (Å²) in [6.07, 6.45) is 9.58. The van der Waals surface area contributed by atoms with Gasteiger partial charge in [0.2, 0.25) is 10.0 Å². The molecule has 0 saturated heterocycles. The lowest BCUT2D eigenvalue weighted by Crippen LogP contribution is -2.32. The smallest absolute Gasteiger partial charge is 0.218 e. The number of sulfonamides is 1. The van der Waals surface area contributed by atoms with Crippen LogP contribution in [0, 0.1) is 0 Å². The van der Waals surface area contributed by atoms with E-state index in [4.69, 9.17) is 5.73 Å². The maximum absolute atomic E-state index is 11.4. The highest BCUT2D eigenvalue weighted by Crippen LogP contribution is 2.07. The average Bonchev–Trinajstić information content (AvgIpc) is 2.25. The Morgan fingerprint density at radius 1 is 1.06 bits per heavy atom. The Hall–Kier alpha value is -0.200. The standard InChI is InChI=1S/C12H26N2O2S2/c1-2-3-4-5-6-7-8-9-10-14-18(15,16)11-12(13)17/h14H,2-11H2,1H3,(H2,13,17). The second-order valence-corrected chi connectivity index (χ2v) is 6.93. The summed E-state index contributed by atoms with van der Waals surface area (Å²) in [5, 5.41) is 0. The van der Waals surface area contributed by atoms with Gasteiger partial charge >= 0.3 is 0 Å². The lowest BCUT2D eigenvalue weighted by Gasteiger charge is -2.05.